The Hall–Kier alpha value is -3.13. The van der Waals surface area contributed by atoms with Crippen LogP contribution in [0.4, 0.5) is 0 Å². The molecule has 1 aromatic heterocycles. The summed E-state index contributed by atoms with van der Waals surface area (Å²) in [5, 5.41) is 8.65. The van der Waals surface area contributed by atoms with Crippen molar-refractivity contribution in [2.24, 2.45) is 20.9 Å². The summed E-state index contributed by atoms with van der Waals surface area (Å²) < 4.78 is 11.7. The van der Waals surface area contributed by atoms with Crippen molar-refractivity contribution in [2.75, 3.05) is 19.7 Å². The zero-order chi connectivity index (χ0) is 31.0. The number of nitrogens with one attached hydrogen (secondary N) is 1. The van der Waals surface area contributed by atoms with Crippen molar-refractivity contribution in [2.45, 2.75) is 113 Å². The van der Waals surface area contributed by atoms with Gasteiger partial charge in [-0.25, -0.2) is 4.99 Å². The molecule has 1 unspecified atom stereocenters. The molecule has 0 spiro atoms. The molecule has 1 aromatic carbocycles. The molecule has 8 heteroatoms. The lowest BCUT2D eigenvalue weighted by atomic mass is 10.1. The van der Waals surface area contributed by atoms with Crippen LogP contribution in [-0.2, 0) is 15.9 Å². The van der Waals surface area contributed by atoms with Crippen LogP contribution in [-0.4, -0.2) is 60.2 Å². The molecule has 2 aromatic rings. The van der Waals surface area contributed by atoms with Crippen molar-refractivity contribution in [1.82, 2.24) is 9.88 Å². The van der Waals surface area contributed by atoms with E-state index in [0.717, 1.165) is 57.4 Å². The number of aromatic nitrogens is 1. The van der Waals surface area contributed by atoms with Crippen LogP contribution >= 0.6 is 0 Å². The number of aliphatic imine (C=N–C) groups is 1. The number of amidine groups is 1. The zero-order valence-corrected chi connectivity index (χ0v) is 27.4. The number of hydrogen-bond acceptors (Lipinski definition) is 6. The molecule has 1 heterocycles. The normalized spacial score (nSPS) is 12.8. The van der Waals surface area contributed by atoms with E-state index >= 15 is 0 Å². The summed E-state index contributed by atoms with van der Waals surface area (Å²) in [5.74, 6) is 1.61. The van der Waals surface area contributed by atoms with Gasteiger partial charge in [-0.3, -0.25) is 0 Å². The molecule has 2 rings (SSSR count). The van der Waals surface area contributed by atoms with E-state index in [1.165, 1.54) is 16.5 Å². The average molecular weight is 571 g/mol. The summed E-state index contributed by atoms with van der Waals surface area (Å²) in [6.45, 7) is 24.3. The topological polar surface area (TPSA) is 101 Å². The third kappa shape index (κ3) is 16.0. The molecule has 0 aliphatic rings. The summed E-state index contributed by atoms with van der Waals surface area (Å²) in [4.78, 5) is 10.1. The fraction of sp³-hybridized carbons (Fsp3) is 0.606. The van der Waals surface area contributed by atoms with E-state index in [9.17, 15) is 0 Å². The van der Waals surface area contributed by atoms with Crippen molar-refractivity contribution >= 4 is 29.4 Å². The molecule has 0 fully saturated rings. The Bertz CT molecular complexity index is 1040. The maximum absolute atomic E-state index is 5.91. The molecule has 41 heavy (non-hydrogen) atoms. The Kier molecular flexibility index (Phi) is 21.8. The van der Waals surface area contributed by atoms with Crippen LogP contribution in [0.5, 0.6) is 0 Å². The quantitative estimate of drug-likeness (QED) is 0.121. The van der Waals surface area contributed by atoms with Crippen molar-refractivity contribution < 1.29 is 9.47 Å². The van der Waals surface area contributed by atoms with E-state index in [-0.39, 0.29) is 18.0 Å². The van der Waals surface area contributed by atoms with Gasteiger partial charge in [-0.05, 0) is 51.2 Å². The van der Waals surface area contributed by atoms with E-state index < -0.39 is 0 Å². The first kappa shape index (κ1) is 37.9. The van der Waals surface area contributed by atoms with Gasteiger partial charge in [0.2, 0.25) is 0 Å². The molecule has 1 atom stereocenters. The highest BCUT2D eigenvalue weighted by Gasteiger charge is 2.12. The lowest BCUT2D eigenvalue weighted by Gasteiger charge is -2.25. The zero-order valence-electron chi connectivity index (χ0n) is 27.4. The van der Waals surface area contributed by atoms with E-state index in [4.69, 9.17) is 15.2 Å². The van der Waals surface area contributed by atoms with E-state index in [2.05, 4.69) is 104 Å². The van der Waals surface area contributed by atoms with Crippen LogP contribution in [0.2, 0.25) is 0 Å². The molecular formula is C33H58N6O2. The third-order valence-corrected chi connectivity index (χ3v) is 6.06. The first-order valence-corrected chi connectivity index (χ1v) is 15.4. The van der Waals surface area contributed by atoms with Gasteiger partial charge in [0.1, 0.15) is 11.7 Å². The number of nitrogens with two attached hydrogens (primary N) is 1. The molecular weight excluding hydrogens is 512 g/mol. The molecule has 232 valence electrons. The molecule has 0 aliphatic heterocycles. The summed E-state index contributed by atoms with van der Waals surface area (Å²) in [6, 6.07) is 8.40. The number of fused-ring (bicyclic) bond motifs is 1. The molecule has 0 saturated heterocycles. The maximum atomic E-state index is 5.91. The smallest absolute Gasteiger partial charge is 0.186 e. The third-order valence-electron chi connectivity index (χ3n) is 6.06. The molecule has 0 radical (unpaired) electrons. The SMILES string of the molecule is C=N\N=C(N)/C=C(\N=C(/C)OCCC(CC)OC(C)C)N(CCC)CCCC.CC.CCc1c[nH]c2ccccc12. The number of benzene rings is 1. The van der Waals surface area contributed by atoms with E-state index in [1.807, 2.05) is 20.8 Å². The Morgan fingerprint density at radius 2 is 1.80 bits per heavy atom. The van der Waals surface area contributed by atoms with E-state index in [0.29, 0.717) is 12.5 Å². The minimum atomic E-state index is 0.199. The van der Waals surface area contributed by atoms with Crippen LogP contribution in [0.3, 0.4) is 0 Å². The van der Waals surface area contributed by atoms with Crippen molar-refractivity contribution in [3.05, 3.63) is 47.9 Å². The summed E-state index contributed by atoms with van der Waals surface area (Å²) in [5.41, 5.74) is 8.56. The Morgan fingerprint density at radius 3 is 2.39 bits per heavy atom. The van der Waals surface area contributed by atoms with Gasteiger partial charge in [0.25, 0.3) is 0 Å². The highest BCUT2D eigenvalue weighted by atomic mass is 16.5. The van der Waals surface area contributed by atoms with Crippen LogP contribution in [0.15, 0.2) is 57.6 Å². The summed E-state index contributed by atoms with van der Waals surface area (Å²) in [6.07, 6.45) is 10.3. The standard InChI is InChI=1S/C21H41N5O2.C10H11N.C2H6/c1-8-11-14-26(13-9-2)21(16-20(22)25-23-7)24-18(6)27-15-12-19(10-3)28-17(4)5;1-2-8-7-11-10-6-4-3-5-9(8)10;1-2/h16-17,19H,7-15H2,1-6H3,(H2,22,25);3-7,11H,2H2,1H3;1-2H3/b21-16+,24-18+;;. The first-order chi connectivity index (χ1) is 19.8. The second kappa shape index (κ2) is 23.6. The molecule has 8 nitrogen and oxygen atoms in total. The number of unbranched alkanes of at least 4 members (excludes halogenated alkanes) is 1. The average Bonchev–Trinajstić information content (AvgIpc) is 3.39. The lowest BCUT2D eigenvalue weighted by Crippen LogP contribution is -2.27. The fourth-order valence-corrected chi connectivity index (χ4v) is 4.11. The Labute approximate surface area is 250 Å². The molecule has 0 amide bonds. The van der Waals surface area contributed by atoms with E-state index in [1.54, 1.807) is 6.08 Å². The summed E-state index contributed by atoms with van der Waals surface area (Å²) in [7, 11) is 0. The number of rotatable bonds is 16. The fourth-order valence-electron chi connectivity index (χ4n) is 4.11. The number of ether oxygens (including phenoxy) is 2. The van der Waals surface area contributed by atoms with Gasteiger partial charge in [-0.2, -0.15) is 5.10 Å². The number of nitrogens with zero attached hydrogens (tertiary/aromatic N) is 4. The molecule has 0 bridgehead atoms. The van der Waals surface area contributed by atoms with Crippen LogP contribution < -0.4 is 5.73 Å². The van der Waals surface area contributed by atoms with Crippen LogP contribution in [0.1, 0.15) is 100.0 Å². The highest BCUT2D eigenvalue weighted by Crippen LogP contribution is 2.17. The van der Waals surface area contributed by atoms with Gasteiger partial charge < -0.3 is 25.1 Å². The largest absolute Gasteiger partial charge is 0.481 e. The second-order valence-electron chi connectivity index (χ2n) is 9.71. The maximum Gasteiger partial charge on any atom is 0.186 e. The highest BCUT2D eigenvalue weighted by molar-refractivity contribution is 5.92. The first-order valence-electron chi connectivity index (χ1n) is 15.4. The molecule has 0 aliphatic carbocycles. The number of hydrogen-bond donors (Lipinski definition) is 2. The molecule has 0 saturated carbocycles. The minimum Gasteiger partial charge on any atom is -0.481 e. The van der Waals surface area contributed by atoms with Gasteiger partial charge in [-0.15, -0.1) is 5.10 Å². The van der Waals surface area contributed by atoms with Gasteiger partial charge in [-0.1, -0.05) is 66.2 Å². The Morgan fingerprint density at radius 1 is 1.10 bits per heavy atom. The number of para-hydroxylation sites is 1. The van der Waals surface area contributed by atoms with Crippen molar-refractivity contribution in [3.63, 3.8) is 0 Å². The number of aromatic amines is 1. The lowest BCUT2D eigenvalue weighted by molar-refractivity contribution is -0.00576. The van der Waals surface area contributed by atoms with Crippen LogP contribution in [0.25, 0.3) is 10.9 Å². The summed E-state index contributed by atoms with van der Waals surface area (Å²) >= 11 is 0. The molecule has 3 N–H and O–H groups in total. The van der Waals surface area contributed by atoms with Gasteiger partial charge in [0.15, 0.2) is 5.90 Å². The monoisotopic (exact) mass is 570 g/mol. The Balaban J connectivity index is 0.00000100. The number of H-pyrrole nitrogens is 1. The van der Waals surface area contributed by atoms with Crippen molar-refractivity contribution in [1.29, 1.82) is 0 Å². The van der Waals surface area contributed by atoms with Crippen LogP contribution in [0, 0.1) is 0 Å². The minimum absolute atomic E-state index is 0.199. The second-order valence-corrected chi connectivity index (χ2v) is 9.71. The van der Waals surface area contributed by atoms with Crippen molar-refractivity contribution in [3.8, 4) is 0 Å². The van der Waals surface area contributed by atoms with Gasteiger partial charge in [0.05, 0.1) is 18.8 Å². The predicted octanol–water partition coefficient (Wildman–Crippen LogP) is 8.10. The predicted molar refractivity (Wildman–Crippen MR) is 179 cm³/mol. The van der Waals surface area contributed by atoms with Gasteiger partial charge in [0, 0.05) is 56.3 Å². The van der Waals surface area contributed by atoms with Gasteiger partial charge >= 0.3 is 0 Å². The number of aryl methyl sites for hydroxylation is 1.